The maximum Gasteiger partial charge on any atom is 0.0724 e. The number of hydrogen-bond acceptors (Lipinski definition) is 2. The molecule has 0 aliphatic rings. The van der Waals surface area contributed by atoms with Gasteiger partial charge in [-0.3, -0.25) is 0 Å². The lowest BCUT2D eigenvalue weighted by molar-refractivity contribution is 0.758. The molecule has 0 radical (unpaired) electrons. The summed E-state index contributed by atoms with van der Waals surface area (Å²) < 4.78 is 0. The molecule has 0 saturated heterocycles. The second-order valence-electron chi connectivity index (χ2n) is 2.81. The number of halogens is 1. The Hall–Kier alpha value is -1.04. The fourth-order valence-electron chi connectivity index (χ4n) is 1.17. The number of nitrogens with zero attached hydrogens (tertiary/aromatic N) is 1. The summed E-state index contributed by atoms with van der Waals surface area (Å²) in [4.78, 5) is 0. The third kappa shape index (κ3) is 2.73. The highest BCUT2D eigenvalue weighted by Gasteiger charge is 2.08. The van der Waals surface area contributed by atoms with Crippen LogP contribution in [0.15, 0.2) is 24.3 Å². The summed E-state index contributed by atoms with van der Waals surface area (Å²) in [6.07, 6.45) is 0.693. The van der Waals surface area contributed by atoms with Gasteiger partial charge in [0.1, 0.15) is 0 Å². The number of hydrogen-bond donors (Lipinski definition) is 1. The number of benzene rings is 1. The molecule has 1 rings (SSSR count). The van der Waals surface area contributed by atoms with Crippen LogP contribution in [-0.2, 0) is 0 Å². The van der Waals surface area contributed by atoms with Gasteiger partial charge in [-0.25, -0.2) is 0 Å². The molecule has 0 amide bonds. The van der Waals surface area contributed by atoms with Crippen LogP contribution in [0.4, 0.5) is 0 Å². The largest absolute Gasteiger partial charge is 0.330 e. The van der Waals surface area contributed by atoms with Crippen LogP contribution < -0.4 is 5.73 Å². The minimum atomic E-state index is -0.109. The van der Waals surface area contributed by atoms with E-state index >= 15 is 0 Å². The average molecular weight is 195 g/mol. The Bertz CT molecular complexity index is 300. The summed E-state index contributed by atoms with van der Waals surface area (Å²) in [6.45, 7) is 0.529. The van der Waals surface area contributed by atoms with Crippen LogP contribution in [0.1, 0.15) is 17.9 Å². The summed E-state index contributed by atoms with van der Waals surface area (Å²) >= 11 is 5.73. The van der Waals surface area contributed by atoms with Crippen LogP contribution in [0.2, 0.25) is 5.02 Å². The van der Waals surface area contributed by atoms with Gasteiger partial charge in [-0.05, 0) is 30.7 Å². The summed E-state index contributed by atoms with van der Waals surface area (Å²) in [5.41, 5.74) is 6.38. The number of nitriles is 1. The standard InChI is InChI=1S/C10H11ClN2/c11-10-3-1-8(2-4-10)9(7-13)5-6-12/h1-4,9H,5-6,12H2. The molecule has 2 N–H and O–H groups in total. The molecule has 1 aromatic rings. The van der Waals surface area contributed by atoms with Gasteiger partial charge in [0, 0.05) is 5.02 Å². The van der Waals surface area contributed by atoms with Crippen molar-refractivity contribution in [2.45, 2.75) is 12.3 Å². The molecule has 1 unspecified atom stereocenters. The molecule has 3 heteroatoms. The Morgan fingerprint density at radius 1 is 1.38 bits per heavy atom. The van der Waals surface area contributed by atoms with Gasteiger partial charge in [0.25, 0.3) is 0 Å². The molecule has 2 nitrogen and oxygen atoms in total. The van der Waals surface area contributed by atoms with Crippen LogP contribution in [-0.4, -0.2) is 6.54 Å². The minimum absolute atomic E-state index is 0.109. The SMILES string of the molecule is N#CC(CCN)c1ccc(Cl)cc1. The first kappa shape index (κ1) is 10.0. The van der Waals surface area contributed by atoms with Gasteiger partial charge in [0.2, 0.25) is 0 Å². The Morgan fingerprint density at radius 2 is 2.00 bits per heavy atom. The summed E-state index contributed by atoms with van der Waals surface area (Å²) in [6, 6.07) is 9.53. The Balaban J connectivity index is 2.81. The van der Waals surface area contributed by atoms with Gasteiger partial charge in [-0.2, -0.15) is 5.26 Å². The van der Waals surface area contributed by atoms with Crippen molar-refractivity contribution in [3.63, 3.8) is 0 Å². The molecule has 0 bridgehead atoms. The van der Waals surface area contributed by atoms with Crippen molar-refractivity contribution in [1.82, 2.24) is 0 Å². The predicted octanol–water partition coefficient (Wildman–Crippen LogP) is 2.30. The van der Waals surface area contributed by atoms with E-state index in [-0.39, 0.29) is 5.92 Å². The van der Waals surface area contributed by atoms with Gasteiger partial charge in [-0.15, -0.1) is 0 Å². The van der Waals surface area contributed by atoms with Crippen molar-refractivity contribution in [3.8, 4) is 6.07 Å². The zero-order valence-corrected chi connectivity index (χ0v) is 7.96. The molecule has 13 heavy (non-hydrogen) atoms. The van der Waals surface area contributed by atoms with Crippen LogP contribution in [0, 0.1) is 11.3 Å². The smallest absolute Gasteiger partial charge is 0.0724 e. The van der Waals surface area contributed by atoms with Crippen molar-refractivity contribution < 1.29 is 0 Å². The number of rotatable bonds is 3. The molecular formula is C10H11ClN2. The normalized spacial score (nSPS) is 12.1. The predicted molar refractivity (Wildman–Crippen MR) is 53.5 cm³/mol. The zero-order valence-electron chi connectivity index (χ0n) is 7.20. The summed E-state index contributed by atoms with van der Waals surface area (Å²) in [7, 11) is 0. The van der Waals surface area contributed by atoms with E-state index < -0.39 is 0 Å². The first-order valence-corrected chi connectivity index (χ1v) is 4.51. The topological polar surface area (TPSA) is 49.8 Å². The molecule has 0 aromatic heterocycles. The molecule has 1 aromatic carbocycles. The van der Waals surface area contributed by atoms with E-state index in [1.165, 1.54) is 0 Å². The van der Waals surface area contributed by atoms with E-state index in [4.69, 9.17) is 22.6 Å². The third-order valence-electron chi connectivity index (χ3n) is 1.88. The van der Waals surface area contributed by atoms with Crippen LogP contribution in [0.3, 0.4) is 0 Å². The highest BCUT2D eigenvalue weighted by molar-refractivity contribution is 6.30. The minimum Gasteiger partial charge on any atom is -0.330 e. The van der Waals surface area contributed by atoms with Crippen molar-refractivity contribution in [1.29, 1.82) is 5.26 Å². The summed E-state index contributed by atoms with van der Waals surface area (Å²) in [5, 5.41) is 9.53. The van der Waals surface area contributed by atoms with Crippen LogP contribution >= 0.6 is 11.6 Å². The molecule has 0 heterocycles. The lowest BCUT2D eigenvalue weighted by Crippen LogP contribution is -2.05. The van der Waals surface area contributed by atoms with Crippen molar-refractivity contribution >= 4 is 11.6 Å². The molecule has 0 aliphatic carbocycles. The van der Waals surface area contributed by atoms with E-state index in [0.717, 1.165) is 5.56 Å². The quantitative estimate of drug-likeness (QED) is 0.803. The Morgan fingerprint density at radius 3 is 2.46 bits per heavy atom. The molecule has 68 valence electrons. The number of nitrogens with two attached hydrogens (primary N) is 1. The van der Waals surface area contributed by atoms with Crippen molar-refractivity contribution in [2.24, 2.45) is 5.73 Å². The second-order valence-corrected chi connectivity index (χ2v) is 3.25. The second kappa shape index (κ2) is 4.86. The highest BCUT2D eigenvalue weighted by Crippen LogP contribution is 2.20. The molecule has 0 saturated carbocycles. The lowest BCUT2D eigenvalue weighted by atomic mass is 9.97. The fraction of sp³-hybridized carbons (Fsp3) is 0.300. The van der Waals surface area contributed by atoms with E-state index in [2.05, 4.69) is 6.07 Å². The first-order chi connectivity index (χ1) is 6.27. The van der Waals surface area contributed by atoms with Crippen molar-refractivity contribution in [3.05, 3.63) is 34.9 Å². The monoisotopic (exact) mass is 194 g/mol. The van der Waals surface area contributed by atoms with Gasteiger partial charge in [0.05, 0.1) is 12.0 Å². The van der Waals surface area contributed by atoms with E-state index in [0.29, 0.717) is 18.0 Å². The molecule has 0 spiro atoms. The maximum absolute atomic E-state index is 8.84. The van der Waals surface area contributed by atoms with E-state index in [1.807, 2.05) is 12.1 Å². The average Bonchev–Trinajstić information content (AvgIpc) is 2.16. The van der Waals surface area contributed by atoms with Crippen molar-refractivity contribution in [2.75, 3.05) is 6.54 Å². The van der Waals surface area contributed by atoms with Crippen LogP contribution in [0.25, 0.3) is 0 Å². The van der Waals surface area contributed by atoms with Gasteiger partial charge < -0.3 is 5.73 Å². The Labute approximate surface area is 82.9 Å². The van der Waals surface area contributed by atoms with E-state index in [9.17, 15) is 0 Å². The van der Waals surface area contributed by atoms with Gasteiger partial charge in [-0.1, -0.05) is 23.7 Å². The Kier molecular flexibility index (Phi) is 3.75. The van der Waals surface area contributed by atoms with Gasteiger partial charge in [0.15, 0.2) is 0 Å². The van der Waals surface area contributed by atoms with E-state index in [1.54, 1.807) is 12.1 Å². The molecule has 0 aliphatic heterocycles. The summed E-state index contributed by atoms with van der Waals surface area (Å²) in [5.74, 6) is -0.109. The fourth-order valence-corrected chi connectivity index (χ4v) is 1.29. The molecule has 0 fully saturated rings. The molecule has 1 atom stereocenters. The zero-order chi connectivity index (χ0) is 9.68. The highest BCUT2D eigenvalue weighted by atomic mass is 35.5. The first-order valence-electron chi connectivity index (χ1n) is 4.13. The molecular weight excluding hydrogens is 184 g/mol. The van der Waals surface area contributed by atoms with Gasteiger partial charge >= 0.3 is 0 Å². The van der Waals surface area contributed by atoms with Crippen LogP contribution in [0.5, 0.6) is 0 Å². The lowest BCUT2D eigenvalue weighted by Gasteiger charge is -2.06. The maximum atomic E-state index is 8.84. The third-order valence-corrected chi connectivity index (χ3v) is 2.14.